The molecule has 0 radical (unpaired) electrons. The Hall–Kier alpha value is -3.43. The number of benzene rings is 1. The molecule has 2 aromatic rings. The molecule has 5 N–H and O–H groups in total. The lowest BCUT2D eigenvalue weighted by molar-refractivity contribution is -0.142. The largest absolute Gasteiger partial charge is 0.506 e. The monoisotopic (exact) mass is 927 g/mol. The van der Waals surface area contributed by atoms with Crippen molar-refractivity contribution in [3.8, 4) is 5.75 Å². The number of nitrogens with zero attached hydrogens (tertiary/aromatic N) is 3. The normalized spacial score (nSPS) is 16.7. The maximum Gasteiger partial charge on any atom is 0.270 e. The molecule has 1 aromatic heterocycles. The first-order valence-corrected chi connectivity index (χ1v) is 25.8. The minimum atomic E-state index is -0.368. The smallest absolute Gasteiger partial charge is 0.270 e. The van der Waals surface area contributed by atoms with E-state index in [1.807, 2.05) is 30.4 Å². The van der Waals surface area contributed by atoms with Crippen molar-refractivity contribution in [3.63, 3.8) is 0 Å². The number of phenols is 1. The number of likely N-dealkylation sites (tertiary alicyclic amines) is 1. The van der Waals surface area contributed by atoms with E-state index in [1.165, 1.54) is 37.0 Å². The fourth-order valence-corrected chi connectivity index (χ4v) is 10.00. The third-order valence-corrected chi connectivity index (χ3v) is 14.3. The van der Waals surface area contributed by atoms with Crippen LogP contribution in [-0.2, 0) is 30.3 Å². The van der Waals surface area contributed by atoms with Gasteiger partial charge in [-0.25, -0.2) is 4.98 Å². The highest BCUT2D eigenvalue weighted by Crippen LogP contribution is 2.35. The molecule has 1 aromatic carbocycles. The van der Waals surface area contributed by atoms with E-state index in [1.54, 1.807) is 12.1 Å². The van der Waals surface area contributed by atoms with Gasteiger partial charge in [0.25, 0.3) is 5.91 Å². The van der Waals surface area contributed by atoms with E-state index in [2.05, 4.69) is 57.1 Å². The number of likely N-dealkylation sites (N-methyl/N-ethyl adjacent to an activating group) is 1. The SMILES string of the molecule is CCCCCCCC[C@H](C[C@H](C(C)C)N(C)C(=O)[C@@H](CC(=O)[C@H]1CCCCN1C)[C@@H](C)CC)c1nc(C(=O)N[C@H](CCC)Cc2ccc(O)c(NC(=O)CCOCCOCCN)c2)cs1. The van der Waals surface area contributed by atoms with Crippen LogP contribution >= 0.6 is 11.3 Å². The minimum absolute atomic E-state index is 0.0387. The van der Waals surface area contributed by atoms with E-state index < -0.39 is 0 Å². The van der Waals surface area contributed by atoms with Crippen LogP contribution in [0.2, 0.25) is 0 Å². The summed E-state index contributed by atoms with van der Waals surface area (Å²) in [6, 6.07) is 4.74. The van der Waals surface area contributed by atoms with Crippen molar-refractivity contribution >= 4 is 40.5 Å². The second-order valence-corrected chi connectivity index (χ2v) is 19.7. The number of amides is 3. The van der Waals surface area contributed by atoms with E-state index in [4.69, 9.17) is 20.2 Å². The topological polar surface area (TPSA) is 176 Å². The average molecular weight is 927 g/mol. The fourth-order valence-electron chi connectivity index (χ4n) is 9.05. The number of thiazole rings is 1. The Morgan fingerprint density at radius 3 is 2.37 bits per heavy atom. The number of aromatic nitrogens is 1. The number of ether oxygens (including phenoxy) is 2. The molecule has 1 fully saturated rings. The molecule has 14 heteroatoms. The van der Waals surface area contributed by atoms with Crippen molar-refractivity contribution in [2.75, 3.05) is 58.9 Å². The second kappa shape index (κ2) is 30.8. The quantitative estimate of drug-likeness (QED) is 0.0399. The lowest BCUT2D eigenvalue weighted by atomic mass is 9.82. The highest BCUT2D eigenvalue weighted by molar-refractivity contribution is 7.09. The molecule has 3 amide bonds. The van der Waals surface area contributed by atoms with Gasteiger partial charge in [-0.1, -0.05) is 105 Å². The van der Waals surface area contributed by atoms with E-state index in [0.717, 1.165) is 81.3 Å². The van der Waals surface area contributed by atoms with Gasteiger partial charge in [0.1, 0.15) is 11.4 Å². The summed E-state index contributed by atoms with van der Waals surface area (Å²) < 4.78 is 10.8. The lowest BCUT2D eigenvalue weighted by Crippen LogP contribution is -2.48. The summed E-state index contributed by atoms with van der Waals surface area (Å²) in [7, 11) is 3.96. The summed E-state index contributed by atoms with van der Waals surface area (Å²) in [6.45, 7) is 15.7. The van der Waals surface area contributed by atoms with Crippen LogP contribution in [0.1, 0.15) is 171 Å². The Balaban J connectivity index is 1.75. The molecule has 0 saturated carbocycles. The molecule has 1 aliphatic rings. The number of piperidine rings is 1. The van der Waals surface area contributed by atoms with Crippen LogP contribution in [-0.4, -0.2) is 115 Å². The summed E-state index contributed by atoms with van der Waals surface area (Å²) in [5, 5.41) is 19.4. The van der Waals surface area contributed by atoms with Crippen LogP contribution in [0.15, 0.2) is 23.6 Å². The van der Waals surface area contributed by atoms with Crippen molar-refractivity contribution < 1.29 is 33.8 Å². The van der Waals surface area contributed by atoms with Gasteiger partial charge in [0.2, 0.25) is 11.8 Å². The summed E-state index contributed by atoms with van der Waals surface area (Å²) in [6.07, 6.45) is 15.0. The molecule has 0 bridgehead atoms. The zero-order valence-electron chi connectivity index (χ0n) is 41.3. The Labute approximate surface area is 395 Å². The predicted molar refractivity (Wildman–Crippen MR) is 264 cm³/mol. The van der Waals surface area contributed by atoms with Gasteiger partial charge in [-0.2, -0.15) is 0 Å². The van der Waals surface area contributed by atoms with Gasteiger partial charge >= 0.3 is 0 Å². The van der Waals surface area contributed by atoms with E-state index in [9.17, 15) is 24.3 Å². The van der Waals surface area contributed by atoms with Crippen LogP contribution in [0, 0.1) is 17.8 Å². The third kappa shape index (κ3) is 19.4. The molecule has 1 saturated heterocycles. The number of anilines is 1. The number of carbonyl (C=O) groups excluding carboxylic acids is 4. The zero-order valence-corrected chi connectivity index (χ0v) is 42.2. The molecule has 0 spiro atoms. The van der Waals surface area contributed by atoms with Gasteiger partial charge in [-0.3, -0.25) is 24.1 Å². The first-order chi connectivity index (χ1) is 31.2. The number of nitrogens with two attached hydrogens (primary N) is 1. The molecule has 368 valence electrons. The Morgan fingerprint density at radius 2 is 1.69 bits per heavy atom. The van der Waals surface area contributed by atoms with Crippen LogP contribution in [0.25, 0.3) is 0 Å². The van der Waals surface area contributed by atoms with Crippen molar-refractivity contribution in [1.82, 2.24) is 20.1 Å². The molecule has 3 rings (SSSR count). The van der Waals surface area contributed by atoms with Gasteiger partial charge in [-0.05, 0) is 81.6 Å². The Bertz CT molecular complexity index is 1710. The standard InChI is InChI=1S/C51H86N6O7S/c1-9-12-13-14-15-16-20-39(33-45(36(4)5)57(8)51(62)41(37(6)11-3)34-47(59)44-21-17-18-26-56(44)7)50-55-43(35-65-50)49(61)53-40(19-10-2)31-38-22-23-46(58)42(32-38)54-48(60)24-27-63-29-30-64-28-25-52/h22-23,32,35-37,39-41,44-45,58H,9-21,24-31,33-34,52H2,1-8H3,(H,53,61)(H,54,60)/t37-,39+,40+,41-,44+,45+/m0/s1. The van der Waals surface area contributed by atoms with Crippen molar-refractivity contribution in [1.29, 1.82) is 0 Å². The first kappa shape index (κ1) is 55.9. The average Bonchev–Trinajstić information content (AvgIpc) is 3.78. The second-order valence-electron chi connectivity index (χ2n) is 18.8. The molecule has 13 nitrogen and oxygen atoms in total. The fraction of sp³-hybridized carbons (Fsp3) is 0.745. The van der Waals surface area contributed by atoms with Gasteiger partial charge in [0, 0.05) is 49.3 Å². The molecular formula is C51H86N6O7S. The number of carbonyl (C=O) groups is 4. The maximum absolute atomic E-state index is 14.6. The van der Waals surface area contributed by atoms with E-state index in [-0.39, 0.29) is 90.5 Å². The number of rotatable bonds is 33. The summed E-state index contributed by atoms with van der Waals surface area (Å²) in [5.41, 5.74) is 6.98. The number of aromatic hydroxyl groups is 1. The molecular weight excluding hydrogens is 841 g/mol. The number of ketones is 1. The van der Waals surface area contributed by atoms with Crippen molar-refractivity contribution in [3.05, 3.63) is 39.8 Å². The maximum atomic E-state index is 14.6. The lowest BCUT2D eigenvalue weighted by Gasteiger charge is -2.38. The number of phenolic OH excluding ortho intramolecular Hbond substituents is 1. The van der Waals surface area contributed by atoms with Gasteiger partial charge in [0.15, 0.2) is 5.78 Å². The molecule has 0 aliphatic carbocycles. The highest BCUT2D eigenvalue weighted by atomic mass is 32.1. The van der Waals surface area contributed by atoms with Gasteiger partial charge < -0.3 is 35.8 Å². The zero-order chi connectivity index (χ0) is 47.7. The van der Waals surface area contributed by atoms with Gasteiger partial charge in [-0.15, -0.1) is 11.3 Å². The van der Waals surface area contributed by atoms with Crippen molar-refractivity contribution in [2.24, 2.45) is 23.5 Å². The molecule has 65 heavy (non-hydrogen) atoms. The predicted octanol–water partition coefficient (Wildman–Crippen LogP) is 9.12. The van der Waals surface area contributed by atoms with Crippen LogP contribution in [0.4, 0.5) is 5.69 Å². The van der Waals surface area contributed by atoms with E-state index in [0.29, 0.717) is 44.2 Å². The Kier molecular flexibility index (Phi) is 26.5. The number of nitrogens with one attached hydrogen (secondary N) is 2. The van der Waals surface area contributed by atoms with Crippen LogP contribution in [0.3, 0.4) is 0 Å². The number of hydrogen-bond donors (Lipinski definition) is 4. The summed E-state index contributed by atoms with van der Waals surface area (Å²) in [4.78, 5) is 64.0. The molecule has 6 atom stereocenters. The van der Waals surface area contributed by atoms with Crippen LogP contribution < -0.4 is 16.4 Å². The third-order valence-electron chi connectivity index (χ3n) is 13.3. The highest BCUT2D eigenvalue weighted by Gasteiger charge is 2.37. The molecule has 2 heterocycles. The number of hydrogen-bond acceptors (Lipinski definition) is 11. The first-order valence-electron chi connectivity index (χ1n) is 25.0. The van der Waals surface area contributed by atoms with E-state index >= 15 is 0 Å². The summed E-state index contributed by atoms with van der Waals surface area (Å²) in [5.74, 6) is -0.365. The number of unbranched alkanes of at least 4 members (excludes halogenated alkanes) is 5. The van der Waals surface area contributed by atoms with Gasteiger partial charge in [0.05, 0.1) is 49.6 Å². The van der Waals surface area contributed by atoms with Crippen molar-refractivity contribution in [2.45, 2.75) is 175 Å². The van der Waals surface area contributed by atoms with Crippen LogP contribution in [0.5, 0.6) is 5.75 Å². The number of Topliss-reactive ketones (excluding diaryl/α,β-unsaturated/α-hetero) is 1. The molecule has 0 unspecified atom stereocenters. The summed E-state index contributed by atoms with van der Waals surface area (Å²) >= 11 is 1.52. The Morgan fingerprint density at radius 1 is 0.969 bits per heavy atom. The minimum Gasteiger partial charge on any atom is -0.506 e. The molecule has 1 aliphatic heterocycles.